The summed E-state index contributed by atoms with van der Waals surface area (Å²) in [5.74, 6) is 0. The molecule has 0 spiro atoms. The van der Waals surface area contributed by atoms with Crippen molar-refractivity contribution in [3.8, 4) is 0 Å². The Morgan fingerprint density at radius 2 is 1.79 bits per heavy atom. The zero-order valence-corrected chi connectivity index (χ0v) is 16.4. The first-order chi connectivity index (χ1) is 13.6. The fourth-order valence-electron chi connectivity index (χ4n) is 4.36. The highest BCUT2D eigenvalue weighted by atomic mass is 32.2. The van der Waals surface area contributed by atoms with E-state index in [9.17, 15) is 8.42 Å². The maximum absolute atomic E-state index is 13.2. The summed E-state index contributed by atoms with van der Waals surface area (Å²) >= 11 is 0. The normalized spacial score (nSPS) is 23.2. The SMILES string of the molecule is O=S1(=O)c2cccc3cccc(c23)N1C[C@@H]1C[NH+](Cc2ccccc2)CCO1. The highest BCUT2D eigenvalue weighted by Gasteiger charge is 2.38. The molecule has 0 aromatic heterocycles. The first-order valence-corrected chi connectivity index (χ1v) is 11.1. The Hall–Kier alpha value is -2.41. The van der Waals surface area contributed by atoms with E-state index in [2.05, 4.69) is 24.3 Å². The van der Waals surface area contributed by atoms with Crippen LogP contribution in [0.5, 0.6) is 0 Å². The van der Waals surface area contributed by atoms with Crippen molar-refractivity contribution in [3.05, 3.63) is 72.3 Å². The number of rotatable bonds is 4. The van der Waals surface area contributed by atoms with Gasteiger partial charge in [0.25, 0.3) is 10.0 Å². The molecule has 0 aliphatic carbocycles. The van der Waals surface area contributed by atoms with Crippen LogP contribution in [0.3, 0.4) is 0 Å². The minimum absolute atomic E-state index is 0.119. The minimum atomic E-state index is -3.53. The lowest BCUT2D eigenvalue weighted by atomic mass is 10.1. The maximum atomic E-state index is 13.2. The number of hydrogen-bond acceptors (Lipinski definition) is 3. The Kier molecular flexibility index (Phi) is 4.34. The lowest BCUT2D eigenvalue weighted by Crippen LogP contribution is -3.13. The highest BCUT2D eigenvalue weighted by Crippen LogP contribution is 2.42. The van der Waals surface area contributed by atoms with E-state index in [1.54, 1.807) is 10.4 Å². The monoisotopic (exact) mass is 395 g/mol. The van der Waals surface area contributed by atoms with Gasteiger partial charge in [-0.25, -0.2) is 8.42 Å². The molecule has 144 valence electrons. The standard InChI is InChI=1S/C22H22N2O3S/c25-28(26)21-11-5-9-18-8-4-10-20(22(18)21)24(28)16-19-15-23(12-13-27-19)14-17-6-2-1-3-7-17/h1-11,19H,12-16H2/p+1/t19-/m0/s1. The van der Waals surface area contributed by atoms with Gasteiger partial charge in [-0.3, -0.25) is 4.31 Å². The molecule has 2 atom stereocenters. The van der Waals surface area contributed by atoms with Crippen molar-refractivity contribution in [2.45, 2.75) is 17.5 Å². The second-order valence-corrected chi connectivity index (χ2v) is 9.36. The summed E-state index contributed by atoms with van der Waals surface area (Å²) in [6.07, 6.45) is -0.119. The number of benzene rings is 3. The smallest absolute Gasteiger partial charge is 0.265 e. The van der Waals surface area contributed by atoms with E-state index >= 15 is 0 Å². The molecule has 2 aliphatic rings. The summed E-state index contributed by atoms with van der Waals surface area (Å²) in [4.78, 5) is 1.83. The van der Waals surface area contributed by atoms with Crippen LogP contribution in [0.2, 0.25) is 0 Å². The van der Waals surface area contributed by atoms with Gasteiger partial charge in [0.1, 0.15) is 25.7 Å². The van der Waals surface area contributed by atoms with Gasteiger partial charge in [-0.05, 0) is 17.5 Å². The van der Waals surface area contributed by atoms with Gasteiger partial charge in [0, 0.05) is 10.9 Å². The summed E-state index contributed by atoms with van der Waals surface area (Å²) < 4.78 is 33.9. The number of morpholine rings is 1. The molecule has 1 fully saturated rings. The van der Waals surface area contributed by atoms with Crippen LogP contribution in [0.15, 0.2) is 71.6 Å². The Morgan fingerprint density at radius 3 is 2.61 bits per heavy atom. The van der Waals surface area contributed by atoms with Gasteiger partial charge in [-0.15, -0.1) is 0 Å². The first-order valence-electron chi connectivity index (χ1n) is 9.66. The van der Waals surface area contributed by atoms with Gasteiger partial charge in [-0.1, -0.05) is 54.6 Å². The van der Waals surface area contributed by atoms with Crippen molar-refractivity contribution in [2.24, 2.45) is 0 Å². The average Bonchev–Trinajstić information content (AvgIpc) is 2.93. The van der Waals surface area contributed by atoms with Gasteiger partial charge in [-0.2, -0.15) is 0 Å². The quantitative estimate of drug-likeness (QED) is 0.733. The molecule has 3 aromatic carbocycles. The number of sulfonamides is 1. The van der Waals surface area contributed by atoms with Crippen LogP contribution in [-0.2, 0) is 21.3 Å². The molecule has 2 heterocycles. The molecule has 1 N–H and O–H groups in total. The summed E-state index contributed by atoms with van der Waals surface area (Å²) in [6.45, 7) is 3.68. The number of hydrogen-bond donors (Lipinski definition) is 1. The Balaban J connectivity index is 1.38. The van der Waals surface area contributed by atoms with E-state index in [4.69, 9.17) is 4.74 Å². The third-order valence-electron chi connectivity index (χ3n) is 5.67. The molecule has 0 radical (unpaired) electrons. The van der Waals surface area contributed by atoms with Gasteiger partial charge >= 0.3 is 0 Å². The molecular weight excluding hydrogens is 372 g/mol. The van der Waals surface area contributed by atoms with Crippen LogP contribution in [0.4, 0.5) is 5.69 Å². The van der Waals surface area contributed by atoms with Crippen molar-refractivity contribution in [2.75, 3.05) is 30.5 Å². The molecule has 5 nitrogen and oxygen atoms in total. The first kappa shape index (κ1) is 17.7. The van der Waals surface area contributed by atoms with Gasteiger partial charge in [0.05, 0.1) is 23.7 Å². The van der Waals surface area contributed by atoms with E-state index in [1.165, 1.54) is 10.5 Å². The third kappa shape index (κ3) is 2.98. The second kappa shape index (κ2) is 6.88. The number of ether oxygens (including phenoxy) is 1. The fraction of sp³-hybridized carbons (Fsp3) is 0.273. The van der Waals surface area contributed by atoms with Crippen molar-refractivity contribution in [1.29, 1.82) is 0 Å². The van der Waals surface area contributed by atoms with Gasteiger partial charge < -0.3 is 9.64 Å². The van der Waals surface area contributed by atoms with Gasteiger partial charge in [0.15, 0.2) is 0 Å². The van der Waals surface area contributed by atoms with Crippen LogP contribution in [0, 0.1) is 0 Å². The predicted molar refractivity (Wildman–Crippen MR) is 109 cm³/mol. The van der Waals surface area contributed by atoms with E-state index < -0.39 is 10.0 Å². The van der Waals surface area contributed by atoms with Crippen LogP contribution in [0.1, 0.15) is 5.56 Å². The molecule has 6 heteroatoms. The highest BCUT2D eigenvalue weighted by molar-refractivity contribution is 7.93. The lowest BCUT2D eigenvalue weighted by Gasteiger charge is -2.32. The molecule has 3 aromatic rings. The van der Waals surface area contributed by atoms with Crippen molar-refractivity contribution >= 4 is 26.5 Å². The topological polar surface area (TPSA) is 51.0 Å². The zero-order chi connectivity index (χ0) is 19.1. The van der Waals surface area contributed by atoms with E-state index in [-0.39, 0.29) is 6.10 Å². The molecule has 1 unspecified atom stereocenters. The number of anilines is 1. The Bertz CT molecular complexity index is 1110. The number of quaternary nitrogens is 1. The zero-order valence-electron chi connectivity index (χ0n) is 15.5. The number of nitrogens with zero attached hydrogens (tertiary/aromatic N) is 1. The summed E-state index contributed by atoms with van der Waals surface area (Å²) in [6, 6.07) is 21.7. The molecular formula is C22H23N2O3S+. The van der Waals surface area contributed by atoms with Crippen molar-refractivity contribution < 1.29 is 18.1 Å². The minimum Gasteiger partial charge on any atom is -0.365 e. The van der Waals surface area contributed by atoms with Crippen LogP contribution < -0.4 is 9.21 Å². The molecule has 1 saturated heterocycles. The Labute approximate surface area is 165 Å². The fourth-order valence-corrected chi connectivity index (χ4v) is 6.10. The van der Waals surface area contributed by atoms with E-state index in [0.29, 0.717) is 18.0 Å². The molecule has 5 rings (SSSR count). The average molecular weight is 396 g/mol. The molecule has 2 aliphatic heterocycles. The number of nitrogens with one attached hydrogen (secondary N) is 1. The lowest BCUT2D eigenvalue weighted by molar-refractivity contribution is -0.924. The van der Waals surface area contributed by atoms with Crippen molar-refractivity contribution in [3.63, 3.8) is 0 Å². The third-order valence-corrected chi connectivity index (χ3v) is 7.50. The second-order valence-electron chi connectivity index (χ2n) is 7.53. The molecule has 0 saturated carbocycles. The van der Waals surface area contributed by atoms with Gasteiger partial charge in [0.2, 0.25) is 0 Å². The van der Waals surface area contributed by atoms with E-state index in [1.807, 2.05) is 36.4 Å². The summed E-state index contributed by atoms with van der Waals surface area (Å²) in [5.41, 5.74) is 2.07. The molecule has 0 bridgehead atoms. The maximum Gasteiger partial charge on any atom is 0.265 e. The van der Waals surface area contributed by atoms with E-state index in [0.717, 1.165) is 36.1 Å². The molecule has 0 amide bonds. The predicted octanol–water partition coefficient (Wildman–Crippen LogP) is 1.83. The summed E-state index contributed by atoms with van der Waals surface area (Å²) in [7, 11) is -3.53. The molecule has 28 heavy (non-hydrogen) atoms. The summed E-state index contributed by atoms with van der Waals surface area (Å²) in [5, 5.41) is 1.79. The van der Waals surface area contributed by atoms with Crippen LogP contribution in [-0.4, -0.2) is 40.8 Å². The van der Waals surface area contributed by atoms with Crippen LogP contribution >= 0.6 is 0 Å². The van der Waals surface area contributed by atoms with Crippen LogP contribution in [0.25, 0.3) is 10.8 Å². The largest absolute Gasteiger partial charge is 0.365 e. The van der Waals surface area contributed by atoms with Crippen molar-refractivity contribution in [1.82, 2.24) is 0 Å². The Morgan fingerprint density at radius 1 is 1.00 bits per heavy atom.